The summed E-state index contributed by atoms with van der Waals surface area (Å²) in [5.41, 5.74) is 1.52. The van der Waals surface area contributed by atoms with E-state index in [1.54, 1.807) is 18.2 Å². The van der Waals surface area contributed by atoms with Gasteiger partial charge >= 0.3 is 0 Å². The molecule has 0 radical (unpaired) electrons. The number of rotatable bonds is 12. The van der Waals surface area contributed by atoms with Crippen LogP contribution in [0.4, 0.5) is 0 Å². The van der Waals surface area contributed by atoms with Crippen LogP contribution in [0, 0.1) is 0 Å². The fraction of sp³-hybridized carbons (Fsp3) is 0.545. The van der Waals surface area contributed by atoms with Crippen molar-refractivity contribution < 1.29 is 10.2 Å². The van der Waals surface area contributed by atoms with Crippen molar-refractivity contribution >= 4 is 6.08 Å². The zero-order chi connectivity index (χ0) is 17.6. The minimum absolute atomic E-state index is 0.113. The Kier molecular flexibility index (Phi) is 10.8. The van der Waals surface area contributed by atoms with E-state index in [1.807, 2.05) is 13.0 Å². The molecular formula is C22H34O2. The summed E-state index contributed by atoms with van der Waals surface area (Å²) in [6.45, 7) is 4.24. The van der Waals surface area contributed by atoms with Gasteiger partial charge in [0.2, 0.25) is 0 Å². The Balaban J connectivity index is 2.17. The highest BCUT2D eigenvalue weighted by Gasteiger charge is 2.03. The molecule has 0 spiro atoms. The second-order valence-electron chi connectivity index (χ2n) is 6.62. The molecule has 0 aliphatic carbocycles. The van der Waals surface area contributed by atoms with E-state index in [0.717, 1.165) is 12.0 Å². The topological polar surface area (TPSA) is 40.5 Å². The number of allylic oxidation sites excluding steroid dienone is 3. The van der Waals surface area contributed by atoms with Crippen molar-refractivity contribution in [3.8, 4) is 11.5 Å². The molecule has 0 aromatic heterocycles. The molecule has 1 aromatic carbocycles. The number of phenols is 2. The van der Waals surface area contributed by atoms with E-state index in [-0.39, 0.29) is 11.5 Å². The normalized spacial score (nSPS) is 12.2. The monoisotopic (exact) mass is 330 g/mol. The lowest BCUT2D eigenvalue weighted by molar-refractivity contribution is 0.448. The zero-order valence-corrected chi connectivity index (χ0v) is 15.4. The summed E-state index contributed by atoms with van der Waals surface area (Å²) in [5, 5.41) is 19.5. The molecule has 0 heterocycles. The number of aromatic hydroxyl groups is 2. The lowest BCUT2D eigenvalue weighted by Gasteiger charge is -2.03. The molecule has 0 aliphatic heterocycles. The Bertz CT molecular complexity index is 494. The third kappa shape index (κ3) is 8.81. The first-order valence-electron chi connectivity index (χ1n) is 9.51. The second-order valence-corrected chi connectivity index (χ2v) is 6.62. The summed E-state index contributed by atoms with van der Waals surface area (Å²) in [6.07, 6.45) is 19.3. The summed E-state index contributed by atoms with van der Waals surface area (Å²) in [7, 11) is 0. The molecule has 0 atom stereocenters. The first-order chi connectivity index (χ1) is 11.6. The molecule has 0 unspecified atom stereocenters. The quantitative estimate of drug-likeness (QED) is 0.320. The standard InChI is InChI=1S/C22H34O2/c1-3-4-5-6-7-8-9-10-11-12-13-15-19(2)18-20-21(23)16-14-17-22(20)24/h13-18,23-24H,3-12H2,1-2H3. The molecule has 0 saturated heterocycles. The van der Waals surface area contributed by atoms with Crippen LogP contribution in [0.25, 0.3) is 6.08 Å². The number of phenolic OH excluding ortho intramolecular Hbond substituents is 2. The molecule has 1 rings (SSSR count). The lowest BCUT2D eigenvalue weighted by atomic mass is 10.1. The van der Waals surface area contributed by atoms with Gasteiger partial charge in [0.05, 0.1) is 5.56 Å². The molecule has 2 heteroatoms. The highest BCUT2D eigenvalue weighted by molar-refractivity contribution is 5.66. The maximum Gasteiger partial charge on any atom is 0.126 e. The van der Waals surface area contributed by atoms with Crippen molar-refractivity contribution in [2.24, 2.45) is 0 Å². The molecule has 0 aliphatic rings. The van der Waals surface area contributed by atoms with Crippen molar-refractivity contribution in [1.29, 1.82) is 0 Å². The van der Waals surface area contributed by atoms with Gasteiger partial charge in [0.25, 0.3) is 0 Å². The van der Waals surface area contributed by atoms with Crippen molar-refractivity contribution in [2.45, 2.75) is 78.1 Å². The van der Waals surface area contributed by atoms with Crippen LogP contribution in [0.1, 0.15) is 83.6 Å². The van der Waals surface area contributed by atoms with E-state index >= 15 is 0 Å². The van der Waals surface area contributed by atoms with Gasteiger partial charge in [-0.3, -0.25) is 0 Å². The summed E-state index contributed by atoms with van der Waals surface area (Å²) in [4.78, 5) is 0. The Labute approximate surface area is 147 Å². The molecular weight excluding hydrogens is 296 g/mol. The Morgan fingerprint density at radius 2 is 1.42 bits per heavy atom. The molecule has 0 fully saturated rings. The van der Waals surface area contributed by atoms with Gasteiger partial charge in [-0.2, -0.15) is 0 Å². The predicted octanol–water partition coefficient (Wildman–Crippen LogP) is 6.98. The Morgan fingerprint density at radius 1 is 0.875 bits per heavy atom. The first kappa shape index (κ1) is 20.3. The van der Waals surface area contributed by atoms with Gasteiger partial charge in [-0.25, -0.2) is 0 Å². The molecule has 0 saturated carbocycles. The van der Waals surface area contributed by atoms with Gasteiger partial charge in [-0.15, -0.1) is 0 Å². The Morgan fingerprint density at radius 3 is 2.00 bits per heavy atom. The van der Waals surface area contributed by atoms with E-state index in [2.05, 4.69) is 19.1 Å². The molecule has 0 bridgehead atoms. The van der Waals surface area contributed by atoms with Gasteiger partial charge in [-0.1, -0.05) is 82.1 Å². The third-order valence-electron chi connectivity index (χ3n) is 4.29. The van der Waals surface area contributed by atoms with Crippen LogP contribution in [-0.2, 0) is 0 Å². The van der Waals surface area contributed by atoms with Crippen molar-refractivity contribution in [1.82, 2.24) is 0 Å². The van der Waals surface area contributed by atoms with Crippen molar-refractivity contribution in [3.63, 3.8) is 0 Å². The maximum absolute atomic E-state index is 9.77. The van der Waals surface area contributed by atoms with Crippen LogP contribution < -0.4 is 0 Å². The summed E-state index contributed by atoms with van der Waals surface area (Å²) < 4.78 is 0. The van der Waals surface area contributed by atoms with E-state index in [0.29, 0.717) is 5.56 Å². The highest BCUT2D eigenvalue weighted by Crippen LogP contribution is 2.28. The molecule has 24 heavy (non-hydrogen) atoms. The fourth-order valence-corrected chi connectivity index (χ4v) is 2.81. The van der Waals surface area contributed by atoms with E-state index < -0.39 is 0 Å². The van der Waals surface area contributed by atoms with E-state index in [4.69, 9.17) is 0 Å². The van der Waals surface area contributed by atoms with E-state index in [1.165, 1.54) is 57.8 Å². The van der Waals surface area contributed by atoms with Crippen LogP contribution >= 0.6 is 0 Å². The lowest BCUT2D eigenvalue weighted by Crippen LogP contribution is -1.81. The second kappa shape index (κ2) is 12.7. The SMILES string of the molecule is CCCCCCCCCCCC=CC(C)=Cc1c(O)cccc1O. The maximum atomic E-state index is 9.77. The number of hydrogen-bond acceptors (Lipinski definition) is 2. The van der Waals surface area contributed by atoms with Crippen LogP contribution in [0.15, 0.2) is 35.9 Å². The smallest absolute Gasteiger partial charge is 0.126 e. The molecule has 1 aromatic rings. The number of unbranched alkanes of at least 4 members (excludes halogenated alkanes) is 9. The zero-order valence-electron chi connectivity index (χ0n) is 15.4. The molecule has 134 valence electrons. The van der Waals surface area contributed by atoms with Gasteiger partial charge < -0.3 is 10.2 Å². The summed E-state index contributed by atoms with van der Waals surface area (Å²) in [5.74, 6) is 0.225. The Hall–Kier alpha value is -1.70. The van der Waals surface area contributed by atoms with Crippen LogP contribution in [0.5, 0.6) is 11.5 Å². The molecule has 0 amide bonds. The first-order valence-corrected chi connectivity index (χ1v) is 9.51. The fourth-order valence-electron chi connectivity index (χ4n) is 2.81. The summed E-state index contributed by atoms with van der Waals surface area (Å²) in [6, 6.07) is 4.81. The third-order valence-corrected chi connectivity index (χ3v) is 4.29. The van der Waals surface area contributed by atoms with Crippen LogP contribution in [0.2, 0.25) is 0 Å². The van der Waals surface area contributed by atoms with Crippen molar-refractivity contribution in [3.05, 3.63) is 41.5 Å². The van der Waals surface area contributed by atoms with Crippen molar-refractivity contribution in [2.75, 3.05) is 0 Å². The van der Waals surface area contributed by atoms with Crippen LogP contribution in [-0.4, -0.2) is 10.2 Å². The molecule has 2 N–H and O–H groups in total. The number of hydrogen-bond donors (Lipinski definition) is 2. The largest absolute Gasteiger partial charge is 0.507 e. The highest BCUT2D eigenvalue weighted by atomic mass is 16.3. The predicted molar refractivity (Wildman–Crippen MR) is 104 cm³/mol. The minimum atomic E-state index is 0.113. The van der Waals surface area contributed by atoms with Gasteiger partial charge in [0, 0.05) is 0 Å². The molecule has 2 nitrogen and oxygen atoms in total. The van der Waals surface area contributed by atoms with E-state index in [9.17, 15) is 10.2 Å². The van der Waals surface area contributed by atoms with Crippen LogP contribution in [0.3, 0.4) is 0 Å². The van der Waals surface area contributed by atoms with Gasteiger partial charge in [0.1, 0.15) is 11.5 Å². The number of benzene rings is 1. The van der Waals surface area contributed by atoms with Gasteiger partial charge in [-0.05, 0) is 38.0 Å². The average molecular weight is 331 g/mol. The van der Waals surface area contributed by atoms with Gasteiger partial charge in [0.15, 0.2) is 0 Å². The average Bonchev–Trinajstić information content (AvgIpc) is 2.56. The summed E-state index contributed by atoms with van der Waals surface area (Å²) >= 11 is 0. The minimum Gasteiger partial charge on any atom is -0.507 e.